The van der Waals surface area contributed by atoms with Gasteiger partial charge in [-0.3, -0.25) is 9.59 Å². The first-order valence-corrected chi connectivity index (χ1v) is 8.31. The van der Waals surface area contributed by atoms with E-state index in [0.717, 1.165) is 20.5 Å². The van der Waals surface area contributed by atoms with Gasteiger partial charge < -0.3 is 10.3 Å². The van der Waals surface area contributed by atoms with Gasteiger partial charge in [-0.1, -0.05) is 6.07 Å². The van der Waals surface area contributed by atoms with Crippen molar-refractivity contribution in [3.05, 3.63) is 62.3 Å². The SMILES string of the molecule is Cc1nc(-c2cccs2)sc1CNC(=O)c1ccc[nH]c1=O. The lowest BCUT2D eigenvalue weighted by atomic mass is 10.2. The van der Waals surface area contributed by atoms with Crippen LogP contribution in [0.5, 0.6) is 0 Å². The number of H-pyrrole nitrogens is 1. The van der Waals surface area contributed by atoms with Crippen molar-refractivity contribution in [1.29, 1.82) is 0 Å². The Kier molecular flexibility index (Phi) is 4.17. The highest BCUT2D eigenvalue weighted by atomic mass is 32.1. The Hall–Kier alpha value is -2.25. The maximum atomic E-state index is 12.0. The highest BCUT2D eigenvalue weighted by molar-refractivity contribution is 7.21. The fourth-order valence-electron chi connectivity index (χ4n) is 1.95. The van der Waals surface area contributed by atoms with Crippen LogP contribution in [0.25, 0.3) is 9.88 Å². The number of rotatable bonds is 4. The summed E-state index contributed by atoms with van der Waals surface area (Å²) < 4.78 is 0. The third-order valence-electron chi connectivity index (χ3n) is 3.10. The highest BCUT2D eigenvalue weighted by Crippen LogP contribution is 2.30. The summed E-state index contributed by atoms with van der Waals surface area (Å²) >= 11 is 3.19. The quantitative estimate of drug-likeness (QED) is 0.772. The average molecular weight is 331 g/mol. The molecule has 0 fully saturated rings. The molecular weight excluding hydrogens is 318 g/mol. The van der Waals surface area contributed by atoms with Crippen LogP contribution in [0.1, 0.15) is 20.9 Å². The molecule has 3 heterocycles. The molecule has 0 aliphatic rings. The van der Waals surface area contributed by atoms with Crippen molar-refractivity contribution in [2.24, 2.45) is 0 Å². The molecule has 5 nitrogen and oxygen atoms in total. The molecule has 0 spiro atoms. The zero-order chi connectivity index (χ0) is 15.5. The van der Waals surface area contributed by atoms with Crippen LogP contribution in [-0.2, 0) is 6.54 Å². The summed E-state index contributed by atoms with van der Waals surface area (Å²) in [7, 11) is 0. The van der Waals surface area contributed by atoms with E-state index in [2.05, 4.69) is 15.3 Å². The van der Waals surface area contributed by atoms with Gasteiger partial charge >= 0.3 is 0 Å². The Morgan fingerprint density at radius 2 is 2.23 bits per heavy atom. The van der Waals surface area contributed by atoms with E-state index in [4.69, 9.17) is 0 Å². The Balaban J connectivity index is 1.73. The second-order valence-electron chi connectivity index (χ2n) is 4.60. The molecule has 2 N–H and O–H groups in total. The zero-order valence-corrected chi connectivity index (χ0v) is 13.4. The molecule has 22 heavy (non-hydrogen) atoms. The fraction of sp³-hybridized carbons (Fsp3) is 0.133. The topological polar surface area (TPSA) is 74.8 Å². The summed E-state index contributed by atoms with van der Waals surface area (Å²) in [5, 5.41) is 5.73. The number of hydrogen-bond acceptors (Lipinski definition) is 5. The van der Waals surface area contributed by atoms with Crippen molar-refractivity contribution >= 4 is 28.6 Å². The van der Waals surface area contributed by atoms with Gasteiger partial charge in [0.05, 0.1) is 17.1 Å². The second kappa shape index (κ2) is 6.25. The van der Waals surface area contributed by atoms with Gasteiger partial charge in [-0.05, 0) is 30.5 Å². The number of nitrogens with zero attached hydrogens (tertiary/aromatic N) is 1. The average Bonchev–Trinajstić information content (AvgIpc) is 3.15. The van der Waals surface area contributed by atoms with Crippen LogP contribution < -0.4 is 10.9 Å². The number of thiophene rings is 1. The van der Waals surface area contributed by atoms with E-state index in [1.165, 1.54) is 12.3 Å². The summed E-state index contributed by atoms with van der Waals surface area (Å²) in [4.78, 5) is 32.7. The molecule has 0 atom stereocenters. The molecule has 0 aromatic carbocycles. The van der Waals surface area contributed by atoms with Gasteiger partial charge in [0, 0.05) is 11.1 Å². The molecule has 0 bridgehead atoms. The van der Waals surface area contributed by atoms with Gasteiger partial charge in [0.2, 0.25) is 0 Å². The lowest BCUT2D eigenvalue weighted by Gasteiger charge is -2.03. The molecule has 0 saturated heterocycles. The van der Waals surface area contributed by atoms with Gasteiger partial charge in [0.15, 0.2) is 0 Å². The largest absolute Gasteiger partial charge is 0.347 e. The number of thiazole rings is 1. The van der Waals surface area contributed by atoms with Crippen LogP contribution in [0.15, 0.2) is 40.6 Å². The number of nitrogens with one attached hydrogen (secondary N) is 2. The van der Waals surface area contributed by atoms with Crippen LogP contribution in [0.3, 0.4) is 0 Å². The van der Waals surface area contributed by atoms with Crippen LogP contribution in [-0.4, -0.2) is 15.9 Å². The van der Waals surface area contributed by atoms with Gasteiger partial charge in [-0.15, -0.1) is 22.7 Å². The number of carbonyl (C=O) groups excluding carboxylic acids is 1. The number of pyridine rings is 1. The van der Waals surface area contributed by atoms with Gasteiger partial charge in [-0.25, -0.2) is 4.98 Å². The number of carbonyl (C=O) groups is 1. The lowest BCUT2D eigenvalue weighted by Crippen LogP contribution is -2.28. The summed E-state index contributed by atoms with van der Waals surface area (Å²) in [5.41, 5.74) is 0.624. The van der Waals surface area contributed by atoms with E-state index in [1.54, 1.807) is 28.7 Å². The first-order chi connectivity index (χ1) is 10.6. The molecule has 0 unspecified atom stereocenters. The smallest absolute Gasteiger partial charge is 0.260 e. The monoisotopic (exact) mass is 331 g/mol. The molecule has 0 saturated carbocycles. The van der Waals surface area contributed by atoms with Crippen LogP contribution in [0, 0.1) is 6.92 Å². The molecule has 3 rings (SSSR count). The molecular formula is C15H13N3O2S2. The number of amides is 1. The van der Waals surface area contributed by atoms with Crippen LogP contribution >= 0.6 is 22.7 Å². The Labute approximate surface area is 134 Å². The number of hydrogen-bond donors (Lipinski definition) is 2. The first kappa shape index (κ1) is 14.7. The minimum absolute atomic E-state index is 0.114. The van der Waals surface area contributed by atoms with E-state index >= 15 is 0 Å². The molecule has 112 valence electrons. The molecule has 0 aliphatic heterocycles. The Morgan fingerprint density at radius 1 is 1.36 bits per heavy atom. The van der Waals surface area contributed by atoms with Crippen molar-refractivity contribution in [3.63, 3.8) is 0 Å². The van der Waals surface area contributed by atoms with Crippen molar-refractivity contribution in [2.75, 3.05) is 0 Å². The van der Waals surface area contributed by atoms with Crippen molar-refractivity contribution in [2.45, 2.75) is 13.5 Å². The molecule has 0 aliphatic carbocycles. The minimum atomic E-state index is -0.389. The lowest BCUT2D eigenvalue weighted by molar-refractivity contribution is 0.0949. The summed E-state index contributed by atoms with van der Waals surface area (Å²) in [5.74, 6) is -0.382. The zero-order valence-electron chi connectivity index (χ0n) is 11.8. The fourth-order valence-corrected chi connectivity index (χ4v) is 3.75. The number of aromatic nitrogens is 2. The van der Waals surface area contributed by atoms with Crippen molar-refractivity contribution in [1.82, 2.24) is 15.3 Å². The first-order valence-electron chi connectivity index (χ1n) is 6.61. The maximum absolute atomic E-state index is 12.0. The third-order valence-corrected chi connectivity index (χ3v) is 5.29. The second-order valence-corrected chi connectivity index (χ2v) is 6.63. The number of aryl methyl sites for hydroxylation is 1. The minimum Gasteiger partial charge on any atom is -0.347 e. The predicted octanol–water partition coefficient (Wildman–Crippen LogP) is 2.80. The summed E-state index contributed by atoms with van der Waals surface area (Å²) in [6.45, 7) is 2.28. The summed E-state index contributed by atoms with van der Waals surface area (Å²) in [6.07, 6.45) is 1.50. The highest BCUT2D eigenvalue weighted by Gasteiger charge is 2.13. The van der Waals surface area contributed by atoms with E-state index in [0.29, 0.717) is 6.54 Å². The molecule has 7 heteroatoms. The third kappa shape index (κ3) is 3.00. The van der Waals surface area contributed by atoms with Gasteiger partial charge in [-0.2, -0.15) is 0 Å². The van der Waals surface area contributed by atoms with Crippen molar-refractivity contribution < 1.29 is 4.79 Å². The van der Waals surface area contributed by atoms with Crippen molar-refractivity contribution in [3.8, 4) is 9.88 Å². The van der Waals surface area contributed by atoms with E-state index in [-0.39, 0.29) is 17.0 Å². The van der Waals surface area contributed by atoms with E-state index in [1.807, 2.05) is 24.4 Å². The van der Waals surface area contributed by atoms with Gasteiger partial charge in [0.25, 0.3) is 11.5 Å². The maximum Gasteiger partial charge on any atom is 0.260 e. The van der Waals surface area contributed by atoms with E-state index in [9.17, 15) is 9.59 Å². The normalized spacial score (nSPS) is 10.6. The van der Waals surface area contributed by atoms with Gasteiger partial charge in [0.1, 0.15) is 10.6 Å². The van der Waals surface area contributed by atoms with Crippen LogP contribution in [0.4, 0.5) is 0 Å². The Morgan fingerprint density at radius 3 is 2.95 bits per heavy atom. The summed E-state index contributed by atoms with van der Waals surface area (Å²) in [6, 6.07) is 7.14. The Bertz CT molecular complexity index is 850. The molecule has 1 amide bonds. The molecule has 0 radical (unpaired) electrons. The van der Waals surface area contributed by atoms with E-state index < -0.39 is 0 Å². The predicted molar refractivity (Wildman–Crippen MR) is 88.4 cm³/mol. The molecule has 3 aromatic rings. The molecule has 3 aromatic heterocycles. The van der Waals surface area contributed by atoms with Crippen LogP contribution in [0.2, 0.25) is 0 Å². The standard InChI is InChI=1S/C15H13N3O2S2/c1-9-12(22-15(18-9)11-5-3-7-21-11)8-17-14(20)10-4-2-6-16-13(10)19/h2-7H,8H2,1H3,(H,16,19)(H,17,20). The number of aromatic amines is 1.